The Bertz CT molecular complexity index is 884. The summed E-state index contributed by atoms with van der Waals surface area (Å²) in [5.74, 6) is 0.211. The molecule has 1 aliphatic rings. The van der Waals surface area contributed by atoms with E-state index in [9.17, 15) is 4.39 Å². The molecule has 0 unspecified atom stereocenters. The zero-order chi connectivity index (χ0) is 15.8. The Morgan fingerprint density at radius 1 is 1.30 bits per heavy atom. The molecule has 3 aromatic rings. The maximum atomic E-state index is 13.7. The van der Waals surface area contributed by atoms with Gasteiger partial charge in [0.25, 0.3) is 0 Å². The van der Waals surface area contributed by atoms with Crippen LogP contribution in [0.15, 0.2) is 30.3 Å². The molecule has 0 aliphatic carbocycles. The van der Waals surface area contributed by atoms with Crippen molar-refractivity contribution in [2.24, 2.45) is 0 Å². The van der Waals surface area contributed by atoms with Crippen LogP contribution in [0, 0.1) is 5.82 Å². The lowest BCUT2D eigenvalue weighted by atomic mass is 10.1. The molecule has 4 rings (SSSR count). The Morgan fingerprint density at radius 3 is 3.13 bits per heavy atom. The van der Waals surface area contributed by atoms with Gasteiger partial charge in [0.1, 0.15) is 29.2 Å². The second kappa shape index (κ2) is 5.68. The van der Waals surface area contributed by atoms with E-state index in [0.717, 1.165) is 0 Å². The number of hydrogen-bond acceptors (Lipinski definition) is 5. The molecule has 8 heteroatoms. The summed E-state index contributed by atoms with van der Waals surface area (Å²) in [6.07, 6.45) is 0. The lowest BCUT2D eigenvalue weighted by molar-refractivity contribution is -0.0191. The molecule has 1 aromatic heterocycles. The lowest BCUT2D eigenvalue weighted by Gasteiger charge is -2.20. The summed E-state index contributed by atoms with van der Waals surface area (Å²) in [6, 6.07) is 7.93. The van der Waals surface area contributed by atoms with Crippen LogP contribution in [0.5, 0.6) is 5.75 Å². The van der Waals surface area contributed by atoms with Crippen molar-refractivity contribution in [3.63, 3.8) is 0 Å². The van der Waals surface area contributed by atoms with Gasteiger partial charge >= 0.3 is 0 Å². The molecule has 0 bridgehead atoms. The number of nitrogens with zero attached hydrogens (tertiary/aromatic N) is 3. The van der Waals surface area contributed by atoms with Crippen molar-refractivity contribution in [2.45, 2.75) is 13.2 Å². The number of benzene rings is 2. The summed E-state index contributed by atoms with van der Waals surface area (Å²) in [4.78, 5) is 6.88. The number of rotatable bonds is 3. The minimum absolute atomic E-state index is 0.0745. The molecule has 2 heterocycles. The Balaban J connectivity index is 1.63. The Hall–Kier alpha value is -2.38. The van der Waals surface area contributed by atoms with Gasteiger partial charge in [-0.15, -0.1) is 5.10 Å². The fourth-order valence-corrected chi connectivity index (χ4v) is 2.63. The van der Waals surface area contributed by atoms with Gasteiger partial charge in [-0.05, 0) is 35.5 Å². The molecule has 0 saturated carbocycles. The first-order chi connectivity index (χ1) is 11.2. The van der Waals surface area contributed by atoms with Crippen LogP contribution < -0.4 is 9.57 Å². The van der Waals surface area contributed by atoms with Crippen molar-refractivity contribution in [1.82, 2.24) is 15.2 Å². The molecular formula is C15H11ClFN3O3. The van der Waals surface area contributed by atoms with Crippen molar-refractivity contribution in [2.75, 3.05) is 6.79 Å². The highest BCUT2D eigenvalue weighted by molar-refractivity contribution is 6.31. The lowest BCUT2D eigenvalue weighted by Crippen LogP contribution is -2.17. The van der Waals surface area contributed by atoms with E-state index in [0.29, 0.717) is 39.5 Å². The summed E-state index contributed by atoms with van der Waals surface area (Å²) < 4.78 is 24.3. The van der Waals surface area contributed by atoms with Crippen LogP contribution in [-0.2, 0) is 18.0 Å². The van der Waals surface area contributed by atoms with Crippen LogP contribution in [0.1, 0.15) is 11.1 Å². The topological polar surface area (TPSA) is 58.4 Å². The molecule has 0 fully saturated rings. The molecule has 1 aliphatic heterocycles. The van der Waals surface area contributed by atoms with Crippen LogP contribution in [0.2, 0.25) is 5.02 Å². The van der Waals surface area contributed by atoms with Gasteiger partial charge in [0.2, 0.25) is 0 Å². The third kappa shape index (κ3) is 2.69. The largest absolute Gasteiger partial charge is 0.467 e. The van der Waals surface area contributed by atoms with E-state index >= 15 is 0 Å². The number of aromatic nitrogens is 3. The molecule has 0 radical (unpaired) electrons. The fraction of sp³-hybridized carbons (Fsp3) is 0.200. The zero-order valence-corrected chi connectivity index (χ0v) is 12.6. The SMILES string of the molecule is Fc1cc2c(c(COn3nnc4ccc(Cl)cc43)c1)OCOC2. The minimum atomic E-state index is -0.372. The molecule has 118 valence electrons. The van der Waals surface area contributed by atoms with Crippen LogP contribution in [-0.4, -0.2) is 22.0 Å². The number of ether oxygens (including phenoxy) is 2. The maximum absolute atomic E-state index is 13.7. The quantitative estimate of drug-likeness (QED) is 0.736. The number of halogens is 2. The minimum Gasteiger partial charge on any atom is -0.467 e. The number of hydrogen-bond donors (Lipinski definition) is 0. The molecule has 0 amide bonds. The predicted molar refractivity (Wildman–Crippen MR) is 79.5 cm³/mol. The molecule has 6 nitrogen and oxygen atoms in total. The van der Waals surface area contributed by atoms with E-state index in [1.54, 1.807) is 18.2 Å². The molecule has 0 N–H and O–H groups in total. The Labute approximate surface area is 135 Å². The van der Waals surface area contributed by atoms with Gasteiger partial charge in [0.05, 0.1) is 6.61 Å². The first-order valence-electron chi connectivity index (χ1n) is 6.87. The predicted octanol–water partition coefficient (Wildman–Crippen LogP) is 2.72. The number of fused-ring (bicyclic) bond motifs is 2. The monoisotopic (exact) mass is 335 g/mol. The van der Waals surface area contributed by atoms with Gasteiger partial charge in [0, 0.05) is 16.1 Å². The van der Waals surface area contributed by atoms with Crippen LogP contribution >= 0.6 is 11.6 Å². The van der Waals surface area contributed by atoms with E-state index in [-0.39, 0.29) is 19.2 Å². The van der Waals surface area contributed by atoms with Gasteiger partial charge in [-0.2, -0.15) is 0 Å². The van der Waals surface area contributed by atoms with Crippen molar-refractivity contribution < 1.29 is 18.7 Å². The van der Waals surface area contributed by atoms with Gasteiger partial charge < -0.3 is 14.3 Å². The smallest absolute Gasteiger partial charge is 0.189 e. The molecule has 0 atom stereocenters. The first kappa shape index (κ1) is 14.2. The Morgan fingerprint density at radius 2 is 2.22 bits per heavy atom. The van der Waals surface area contributed by atoms with E-state index in [1.165, 1.54) is 17.0 Å². The average molecular weight is 336 g/mol. The van der Waals surface area contributed by atoms with Crippen LogP contribution in [0.25, 0.3) is 11.0 Å². The van der Waals surface area contributed by atoms with Crippen molar-refractivity contribution in [3.05, 3.63) is 52.3 Å². The fourth-order valence-electron chi connectivity index (χ4n) is 2.46. The zero-order valence-electron chi connectivity index (χ0n) is 11.8. The van der Waals surface area contributed by atoms with Gasteiger partial charge in [-0.3, -0.25) is 0 Å². The van der Waals surface area contributed by atoms with Crippen LogP contribution in [0.4, 0.5) is 4.39 Å². The van der Waals surface area contributed by atoms with Crippen molar-refractivity contribution in [3.8, 4) is 5.75 Å². The van der Waals surface area contributed by atoms with Gasteiger partial charge in [-0.1, -0.05) is 16.4 Å². The molecule has 2 aromatic carbocycles. The molecule has 0 spiro atoms. The third-order valence-electron chi connectivity index (χ3n) is 3.47. The van der Waals surface area contributed by atoms with E-state index in [4.69, 9.17) is 25.9 Å². The normalized spacial score (nSPS) is 13.7. The second-order valence-corrected chi connectivity index (χ2v) is 5.47. The highest BCUT2D eigenvalue weighted by Gasteiger charge is 2.18. The average Bonchev–Trinajstić information content (AvgIpc) is 2.94. The maximum Gasteiger partial charge on any atom is 0.189 e. The first-order valence-corrected chi connectivity index (χ1v) is 7.24. The highest BCUT2D eigenvalue weighted by atomic mass is 35.5. The summed E-state index contributed by atoms with van der Waals surface area (Å²) in [5.41, 5.74) is 2.52. The second-order valence-electron chi connectivity index (χ2n) is 5.03. The molecule has 23 heavy (non-hydrogen) atoms. The van der Waals surface area contributed by atoms with E-state index < -0.39 is 0 Å². The highest BCUT2D eigenvalue weighted by Crippen LogP contribution is 2.29. The summed E-state index contributed by atoms with van der Waals surface area (Å²) >= 11 is 5.97. The molecular weight excluding hydrogens is 325 g/mol. The standard InChI is InChI=1S/C15H11ClFN3O3/c16-11-1-2-13-14(5-11)20(19-18-13)23-7-10-4-12(17)3-9-6-21-8-22-15(9)10/h1-5H,6-8H2. The third-order valence-corrected chi connectivity index (χ3v) is 3.71. The summed E-state index contributed by atoms with van der Waals surface area (Å²) in [7, 11) is 0. The van der Waals surface area contributed by atoms with Crippen molar-refractivity contribution in [1.29, 1.82) is 0 Å². The van der Waals surface area contributed by atoms with Gasteiger partial charge in [-0.25, -0.2) is 4.39 Å². The molecule has 0 saturated heterocycles. The van der Waals surface area contributed by atoms with Gasteiger partial charge in [0.15, 0.2) is 6.79 Å². The Kier molecular flexibility index (Phi) is 3.51. The summed E-state index contributed by atoms with van der Waals surface area (Å²) in [5, 5.41) is 8.44. The van der Waals surface area contributed by atoms with E-state index in [1.807, 2.05) is 0 Å². The van der Waals surface area contributed by atoms with Crippen molar-refractivity contribution >= 4 is 22.6 Å². The van der Waals surface area contributed by atoms with E-state index in [2.05, 4.69) is 10.3 Å². The van der Waals surface area contributed by atoms with Crippen LogP contribution in [0.3, 0.4) is 0 Å². The summed E-state index contributed by atoms with van der Waals surface area (Å²) in [6.45, 7) is 0.514.